The number of nitrogens with zero attached hydrogens (tertiary/aromatic N) is 2. The molecule has 0 spiro atoms. The Morgan fingerprint density at radius 3 is 2.73 bits per heavy atom. The van der Waals surface area contributed by atoms with Gasteiger partial charge in [0.2, 0.25) is 11.8 Å². The first-order valence-electron chi connectivity index (χ1n) is 6.70. The third kappa shape index (κ3) is 5.16. The first-order chi connectivity index (χ1) is 10.5. The normalized spacial score (nSPS) is 13.5. The first-order valence-corrected chi connectivity index (χ1v) is 8.09. The van der Waals surface area contributed by atoms with Crippen LogP contribution in [0.5, 0.6) is 11.6 Å². The number of hydrogen-bond acceptors (Lipinski definition) is 6. The summed E-state index contributed by atoms with van der Waals surface area (Å²) in [5.41, 5.74) is -0.851. The minimum Gasteiger partial charge on any atom is -0.439 e. The quantitative estimate of drug-likeness (QED) is 0.816. The fraction of sp³-hybridized carbons (Fsp3) is 0.333. The molecule has 0 radical (unpaired) electrons. The minimum absolute atomic E-state index is 0.326. The van der Waals surface area contributed by atoms with E-state index in [0.29, 0.717) is 29.9 Å². The van der Waals surface area contributed by atoms with E-state index in [1.807, 2.05) is 6.26 Å². The van der Waals surface area contributed by atoms with Crippen LogP contribution in [-0.4, -0.2) is 39.2 Å². The van der Waals surface area contributed by atoms with Gasteiger partial charge in [-0.05, 0) is 37.4 Å². The zero-order chi connectivity index (χ0) is 16.0. The van der Waals surface area contributed by atoms with E-state index in [9.17, 15) is 9.50 Å². The van der Waals surface area contributed by atoms with Crippen LogP contribution in [0, 0.1) is 5.82 Å². The molecule has 0 aliphatic rings. The molecule has 22 heavy (non-hydrogen) atoms. The molecule has 0 fully saturated rings. The maximum atomic E-state index is 12.8. The zero-order valence-corrected chi connectivity index (χ0v) is 13.2. The summed E-state index contributed by atoms with van der Waals surface area (Å²) in [6.45, 7) is 2.07. The molecule has 0 bridgehead atoms. The van der Waals surface area contributed by atoms with E-state index in [4.69, 9.17) is 4.74 Å². The van der Waals surface area contributed by atoms with Gasteiger partial charge in [0.15, 0.2) is 0 Å². The number of hydrogen-bond donors (Lipinski definition) is 2. The molecule has 2 rings (SSSR count). The van der Waals surface area contributed by atoms with Gasteiger partial charge in [0.1, 0.15) is 11.6 Å². The van der Waals surface area contributed by atoms with Gasteiger partial charge >= 0.3 is 0 Å². The van der Waals surface area contributed by atoms with Gasteiger partial charge in [0.05, 0.1) is 5.60 Å². The summed E-state index contributed by atoms with van der Waals surface area (Å²) in [6.07, 6.45) is 3.49. The second-order valence-corrected chi connectivity index (χ2v) is 5.92. The molecular formula is C15H18FN3O2S. The summed E-state index contributed by atoms with van der Waals surface area (Å²) in [5.74, 6) is 1.47. The van der Waals surface area contributed by atoms with E-state index in [1.165, 1.54) is 24.3 Å². The molecule has 5 nitrogen and oxygen atoms in total. The third-order valence-electron chi connectivity index (χ3n) is 2.75. The summed E-state index contributed by atoms with van der Waals surface area (Å²) in [7, 11) is 0. The largest absolute Gasteiger partial charge is 0.439 e. The Hall–Kier alpha value is -1.86. The Bertz CT molecular complexity index is 608. The Labute approximate surface area is 132 Å². The van der Waals surface area contributed by atoms with Crippen molar-refractivity contribution in [2.75, 3.05) is 23.9 Å². The van der Waals surface area contributed by atoms with Crippen molar-refractivity contribution in [2.24, 2.45) is 0 Å². The van der Waals surface area contributed by atoms with Gasteiger partial charge in [-0.3, -0.25) is 0 Å². The molecule has 1 heterocycles. The van der Waals surface area contributed by atoms with Crippen LogP contribution in [-0.2, 0) is 0 Å². The van der Waals surface area contributed by atoms with Crippen LogP contribution in [0.4, 0.5) is 10.3 Å². The number of thioether (sulfide) groups is 1. The minimum atomic E-state index is -0.851. The van der Waals surface area contributed by atoms with Crippen molar-refractivity contribution in [3.8, 4) is 11.6 Å². The van der Waals surface area contributed by atoms with E-state index < -0.39 is 5.60 Å². The second-order valence-electron chi connectivity index (χ2n) is 5.06. The van der Waals surface area contributed by atoms with Gasteiger partial charge < -0.3 is 15.2 Å². The van der Waals surface area contributed by atoms with Gasteiger partial charge in [-0.1, -0.05) is 0 Å². The molecular weight excluding hydrogens is 305 g/mol. The van der Waals surface area contributed by atoms with Gasteiger partial charge in [0.25, 0.3) is 0 Å². The lowest BCUT2D eigenvalue weighted by atomic mass is 10.1. The number of rotatable bonds is 7. The summed E-state index contributed by atoms with van der Waals surface area (Å²) in [4.78, 5) is 8.28. The van der Waals surface area contributed by atoms with Gasteiger partial charge in [-0.2, -0.15) is 16.7 Å². The Balaban J connectivity index is 1.99. The van der Waals surface area contributed by atoms with Gasteiger partial charge in [-0.15, -0.1) is 0 Å². The summed E-state index contributed by atoms with van der Waals surface area (Å²) in [6, 6.07) is 7.28. The molecule has 0 saturated carbocycles. The van der Waals surface area contributed by atoms with Crippen molar-refractivity contribution in [3.63, 3.8) is 0 Å². The van der Waals surface area contributed by atoms with E-state index in [1.54, 1.807) is 30.9 Å². The van der Waals surface area contributed by atoms with Crippen LogP contribution < -0.4 is 10.1 Å². The number of halogens is 1. The highest BCUT2D eigenvalue weighted by Gasteiger charge is 2.19. The predicted molar refractivity (Wildman–Crippen MR) is 86.0 cm³/mol. The SMILES string of the molecule is CSCC(C)(O)CNc1nccc(Oc2ccc(F)cc2)n1. The van der Waals surface area contributed by atoms with Crippen LogP contribution in [0.2, 0.25) is 0 Å². The topological polar surface area (TPSA) is 67.3 Å². The number of benzene rings is 1. The lowest BCUT2D eigenvalue weighted by Gasteiger charge is -2.22. The van der Waals surface area contributed by atoms with Gasteiger partial charge in [0, 0.05) is 24.6 Å². The second kappa shape index (κ2) is 7.42. The summed E-state index contributed by atoms with van der Waals surface area (Å²) < 4.78 is 18.4. The predicted octanol–water partition coefficient (Wildman–Crippen LogP) is 2.93. The standard InChI is InChI=1S/C15H18FN3O2S/c1-15(20,10-22-2)9-18-14-17-8-7-13(19-14)21-12-5-3-11(16)4-6-12/h3-8,20H,9-10H2,1-2H3,(H,17,18,19). The van der Waals surface area contributed by atoms with Crippen LogP contribution in [0.1, 0.15) is 6.92 Å². The smallest absolute Gasteiger partial charge is 0.226 e. The van der Waals surface area contributed by atoms with Crippen molar-refractivity contribution < 1.29 is 14.2 Å². The lowest BCUT2D eigenvalue weighted by Crippen LogP contribution is -2.36. The molecule has 7 heteroatoms. The fourth-order valence-corrected chi connectivity index (χ4v) is 2.46. The Kier molecular flexibility index (Phi) is 5.57. The Morgan fingerprint density at radius 1 is 1.32 bits per heavy atom. The molecule has 2 aromatic rings. The van der Waals surface area contributed by atoms with E-state index in [-0.39, 0.29) is 5.82 Å². The lowest BCUT2D eigenvalue weighted by molar-refractivity contribution is 0.0995. The van der Waals surface area contributed by atoms with Crippen molar-refractivity contribution in [1.29, 1.82) is 0 Å². The third-order valence-corrected chi connectivity index (χ3v) is 3.66. The fourth-order valence-electron chi connectivity index (χ4n) is 1.74. The van der Waals surface area contributed by atoms with Crippen molar-refractivity contribution in [1.82, 2.24) is 9.97 Å². The molecule has 2 N–H and O–H groups in total. The molecule has 0 saturated heterocycles. The molecule has 1 aromatic carbocycles. The van der Waals surface area contributed by atoms with Crippen LogP contribution in [0.3, 0.4) is 0 Å². The number of ether oxygens (including phenoxy) is 1. The maximum Gasteiger partial charge on any atom is 0.226 e. The highest BCUT2D eigenvalue weighted by atomic mass is 32.2. The summed E-state index contributed by atoms with van der Waals surface area (Å²) in [5, 5.41) is 13.1. The monoisotopic (exact) mass is 323 g/mol. The van der Waals surface area contributed by atoms with Crippen molar-refractivity contribution in [2.45, 2.75) is 12.5 Å². The first kappa shape index (κ1) is 16.5. The molecule has 0 amide bonds. The number of nitrogens with one attached hydrogen (secondary N) is 1. The molecule has 1 aromatic heterocycles. The number of anilines is 1. The van der Waals surface area contributed by atoms with Crippen molar-refractivity contribution >= 4 is 17.7 Å². The Morgan fingerprint density at radius 2 is 2.05 bits per heavy atom. The number of aromatic nitrogens is 2. The van der Waals surface area contributed by atoms with E-state index in [0.717, 1.165) is 0 Å². The average Bonchev–Trinajstić information content (AvgIpc) is 2.48. The number of aliphatic hydroxyl groups is 1. The van der Waals surface area contributed by atoms with E-state index in [2.05, 4.69) is 15.3 Å². The highest BCUT2D eigenvalue weighted by Crippen LogP contribution is 2.20. The van der Waals surface area contributed by atoms with Crippen molar-refractivity contribution in [3.05, 3.63) is 42.3 Å². The maximum absolute atomic E-state index is 12.8. The molecule has 1 unspecified atom stereocenters. The highest BCUT2D eigenvalue weighted by molar-refractivity contribution is 7.98. The molecule has 1 atom stereocenters. The zero-order valence-electron chi connectivity index (χ0n) is 12.4. The average molecular weight is 323 g/mol. The van der Waals surface area contributed by atoms with Gasteiger partial charge in [-0.25, -0.2) is 9.37 Å². The molecule has 118 valence electrons. The van der Waals surface area contributed by atoms with E-state index >= 15 is 0 Å². The summed E-state index contributed by atoms with van der Waals surface area (Å²) >= 11 is 1.56. The van der Waals surface area contributed by atoms with Crippen LogP contribution in [0.25, 0.3) is 0 Å². The van der Waals surface area contributed by atoms with Crippen LogP contribution >= 0.6 is 11.8 Å². The molecule has 0 aliphatic heterocycles. The molecule has 0 aliphatic carbocycles. The van der Waals surface area contributed by atoms with Crippen LogP contribution in [0.15, 0.2) is 36.5 Å².